The summed E-state index contributed by atoms with van der Waals surface area (Å²) in [4.78, 5) is 36.7. The lowest BCUT2D eigenvalue weighted by Gasteiger charge is -2.37. The molecule has 1 aromatic rings. The average molecular weight is 287 g/mol. The molecule has 3 rings (SSSR count). The van der Waals surface area contributed by atoms with Gasteiger partial charge in [0.2, 0.25) is 5.91 Å². The molecule has 0 radical (unpaired) electrons. The van der Waals surface area contributed by atoms with Crippen LogP contribution >= 0.6 is 0 Å². The van der Waals surface area contributed by atoms with Gasteiger partial charge in [-0.3, -0.25) is 19.3 Å². The van der Waals surface area contributed by atoms with Crippen molar-refractivity contribution in [2.24, 2.45) is 5.73 Å². The van der Waals surface area contributed by atoms with E-state index in [-0.39, 0.29) is 29.7 Å². The summed E-state index contributed by atoms with van der Waals surface area (Å²) in [5.74, 6) is -0.828. The summed E-state index contributed by atoms with van der Waals surface area (Å²) in [6.45, 7) is 0. The first-order valence-electron chi connectivity index (χ1n) is 6.95. The molecular weight excluding hydrogens is 270 g/mol. The third-order valence-corrected chi connectivity index (χ3v) is 4.24. The molecular formula is C15H17N3O3. The number of hydrogen-bond acceptors (Lipinski definition) is 4. The Morgan fingerprint density at radius 1 is 1.29 bits per heavy atom. The summed E-state index contributed by atoms with van der Waals surface area (Å²) in [5.41, 5.74) is 6.87. The zero-order valence-electron chi connectivity index (χ0n) is 11.8. The van der Waals surface area contributed by atoms with Crippen LogP contribution < -0.4 is 11.1 Å². The molecule has 0 unspecified atom stereocenters. The zero-order valence-corrected chi connectivity index (χ0v) is 11.8. The molecule has 3 N–H and O–H groups in total. The maximum atomic E-state index is 12.0. The van der Waals surface area contributed by atoms with Crippen LogP contribution in [0.2, 0.25) is 0 Å². The molecule has 0 saturated heterocycles. The van der Waals surface area contributed by atoms with Crippen molar-refractivity contribution in [3.63, 3.8) is 0 Å². The Labute approximate surface area is 122 Å². The fourth-order valence-electron chi connectivity index (χ4n) is 2.77. The summed E-state index contributed by atoms with van der Waals surface area (Å²) in [5, 5.41) is 2.75. The number of benzene rings is 1. The van der Waals surface area contributed by atoms with Gasteiger partial charge in [0, 0.05) is 24.7 Å². The van der Waals surface area contributed by atoms with E-state index >= 15 is 0 Å². The van der Waals surface area contributed by atoms with Gasteiger partial charge in [-0.15, -0.1) is 0 Å². The fourth-order valence-corrected chi connectivity index (χ4v) is 2.77. The van der Waals surface area contributed by atoms with E-state index in [0.29, 0.717) is 16.8 Å². The van der Waals surface area contributed by atoms with Gasteiger partial charge in [0.15, 0.2) is 0 Å². The number of amides is 3. The van der Waals surface area contributed by atoms with Crippen LogP contribution in [0.4, 0.5) is 5.69 Å². The summed E-state index contributed by atoms with van der Waals surface area (Å²) < 4.78 is 0. The Morgan fingerprint density at radius 3 is 2.57 bits per heavy atom. The van der Waals surface area contributed by atoms with Crippen molar-refractivity contribution in [3.8, 4) is 0 Å². The maximum Gasteiger partial charge on any atom is 0.261 e. The van der Waals surface area contributed by atoms with Crippen molar-refractivity contribution in [1.29, 1.82) is 0 Å². The highest BCUT2D eigenvalue weighted by Gasteiger charge is 2.35. The SMILES string of the molecule is CN1C(=O)c2ccc(NC(=O)CC3(N)CCC3)cc2C1=O. The minimum atomic E-state index is -0.382. The Morgan fingerprint density at radius 2 is 1.95 bits per heavy atom. The molecule has 0 spiro atoms. The number of fused-ring (bicyclic) bond motifs is 1. The van der Waals surface area contributed by atoms with Crippen molar-refractivity contribution in [2.45, 2.75) is 31.2 Å². The number of nitrogens with one attached hydrogen (secondary N) is 1. The molecule has 6 nitrogen and oxygen atoms in total. The Hall–Kier alpha value is -2.21. The van der Waals surface area contributed by atoms with E-state index < -0.39 is 0 Å². The van der Waals surface area contributed by atoms with Crippen molar-refractivity contribution in [1.82, 2.24) is 4.90 Å². The van der Waals surface area contributed by atoms with E-state index in [2.05, 4.69) is 5.32 Å². The predicted molar refractivity (Wildman–Crippen MR) is 76.9 cm³/mol. The molecule has 2 aliphatic rings. The van der Waals surface area contributed by atoms with E-state index in [1.807, 2.05) is 0 Å². The van der Waals surface area contributed by atoms with Gasteiger partial charge in [-0.25, -0.2) is 0 Å². The summed E-state index contributed by atoms with van der Waals surface area (Å²) in [6.07, 6.45) is 3.06. The minimum absolute atomic E-state index is 0.165. The van der Waals surface area contributed by atoms with E-state index in [4.69, 9.17) is 5.73 Å². The maximum absolute atomic E-state index is 12.0. The van der Waals surface area contributed by atoms with E-state index in [1.165, 1.54) is 7.05 Å². The van der Waals surface area contributed by atoms with Crippen LogP contribution in [0.5, 0.6) is 0 Å². The number of imide groups is 1. The number of nitrogens with two attached hydrogens (primary N) is 1. The van der Waals surface area contributed by atoms with Crippen LogP contribution in [0.1, 0.15) is 46.4 Å². The van der Waals surface area contributed by atoms with Crippen LogP contribution in [-0.2, 0) is 4.79 Å². The number of carbonyl (C=O) groups excluding carboxylic acids is 3. The van der Waals surface area contributed by atoms with Gasteiger partial charge in [-0.1, -0.05) is 0 Å². The summed E-state index contributed by atoms with van der Waals surface area (Å²) in [7, 11) is 1.44. The number of rotatable bonds is 3. The zero-order chi connectivity index (χ0) is 15.2. The highest BCUT2D eigenvalue weighted by Crippen LogP contribution is 2.32. The molecule has 1 saturated carbocycles. The molecule has 1 aliphatic carbocycles. The molecule has 1 aliphatic heterocycles. The van der Waals surface area contributed by atoms with E-state index in [0.717, 1.165) is 24.2 Å². The fraction of sp³-hybridized carbons (Fsp3) is 0.400. The van der Waals surface area contributed by atoms with Crippen LogP contribution in [0.3, 0.4) is 0 Å². The number of nitrogens with zero attached hydrogens (tertiary/aromatic N) is 1. The average Bonchev–Trinajstić information content (AvgIpc) is 2.62. The lowest BCUT2D eigenvalue weighted by atomic mass is 9.75. The second-order valence-electron chi connectivity index (χ2n) is 5.87. The topological polar surface area (TPSA) is 92.5 Å². The molecule has 1 heterocycles. The third kappa shape index (κ3) is 2.31. The van der Waals surface area contributed by atoms with Crippen molar-refractivity contribution < 1.29 is 14.4 Å². The molecule has 0 aromatic heterocycles. The minimum Gasteiger partial charge on any atom is -0.326 e. The highest BCUT2D eigenvalue weighted by molar-refractivity contribution is 6.21. The molecule has 1 fully saturated rings. The molecule has 110 valence electrons. The second-order valence-corrected chi connectivity index (χ2v) is 5.87. The molecule has 21 heavy (non-hydrogen) atoms. The van der Waals surface area contributed by atoms with Gasteiger partial charge in [0.1, 0.15) is 0 Å². The van der Waals surface area contributed by atoms with Gasteiger partial charge in [-0.05, 0) is 37.5 Å². The van der Waals surface area contributed by atoms with Crippen molar-refractivity contribution in [3.05, 3.63) is 29.3 Å². The molecule has 0 atom stereocenters. The lowest BCUT2D eigenvalue weighted by Crippen LogP contribution is -2.48. The summed E-state index contributed by atoms with van der Waals surface area (Å²) >= 11 is 0. The molecule has 0 bridgehead atoms. The molecule has 1 aromatic carbocycles. The van der Waals surface area contributed by atoms with Gasteiger partial charge in [0.25, 0.3) is 11.8 Å². The monoisotopic (exact) mass is 287 g/mol. The van der Waals surface area contributed by atoms with Crippen LogP contribution in [0.15, 0.2) is 18.2 Å². The first-order chi connectivity index (χ1) is 9.89. The largest absolute Gasteiger partial charge is 0.326 e. The number of carbonyl (C=O) groups is 3. The lowest BCUT2D eigenvalue weighted by molar-refractivity contribution is -0.118. The predicted octanol–water partition coefficient (Wildman–Crippen LogP) is 1.12. The third-order valence-electron chi connectivity index (χ3n) is 4.24. The van der Waals surface area contributed by atoms with Gasteiger partial charge < -0.3 is 11.1 Å². The number of hydrogen-bond donors (Lipinski definition) is 2. The van der Waals surface area contributed by atoms with Gasteiger partial charge >= 0.3 is 0 Å². The van der Waals surface area contributed by atoms with Gasteiger partial charge in [-0.2, -0.15) is 0 Å². The Balaban J connectivity index is 1.75. The first kappa shape index (κ1) is 13.8. The van der Waals surface area contributed by atoms with Crippen molar-refractivity contribution >= 4 is 23.4 Å². The normalized spacial score (nSPS) is 19.2. The van der Waals surface area contributed by atoms with Crippen LogP contribution in [-0.4, -0.2) is 35.2 Å². The second kappa shape index (κ2) is 4.66. The van der Waals surface area contributed by atoms with Crippen LogP contribution in [0.25, 0.3) is 0 Å². The first-order valence-corrected chi connectivity index (χ1v) is 6.95. The number of anilines is 1. The Kier molecular flexibility index (Phi) is 3.06. The smallest absolute Gasteiger partial charge is 0.261 e. The highest BCUT2D eigenvalue weighted by atomic mass is 16.2. The quantitative estimate of drug-likeness (QED) is 0.815. The van der Waals surface area contributed by atoms with E-state index in [1.54, 1.807) is 18.2 Å². The van der Waals surface area contributed by atoms with Crippen LogP contribution in [0, 0.1) is 0 Å². The van der Waals surface area contributed by atoms with Crippen molar-refractivity contribution in [2.75, 3.05) is 12.4 Å². The standard InChI is InChI=1S/C15H17N3O3/c1-18-13(20)10-4-3-9(7-11(10)14(18)21)17-12(19)8-15(16)5-2-6-15/h3-4,7H,2,5-6,8,16H2,1H3,(H,17,19). The van der Waals surface area contributed by atoms with E-state index in [9.17, 15) is 14.4 Å². The molecule has 3 amide bonds. The summed E-state index contributed by atoms with van der Waals surface area (Å²) in [6, 6.07) is 4.74. The van der Waals surface area contributed by atoms with Gasteiger partial charge in [0.05, 0.1) is 11.1 Å². The Bertz CT molecular complexity index is 650. The molecule has 6 heteroatoms.